The van der Waals surface area contributed by atoms with Crippen LogP contribution in [-0.2, 0) is 11.8 Å². The number of anilines is 1. The van der Waals surface area contributed by atoms with E-state index in [9.17, 15) is 4.79 Å². The standard InChI is InChI=1S/C20H20N4O3S/c1-12-4-6-14(7-5-12)18-22-23-20(24(18)3)28-13(2)19(25)21-15-8-9-16-17(10-15)27-11-26-16/h4-10,13H,11H2,1-3H3,(H,21,25)/t13-/m1/s1. The van der Waals surface area contributed by atoms with Gasteiger partial charge >= 0.3 is 0 Å². The lowest BCUT2D eigenvalue weighted by atomic mass is 10.1. The summed E-state index contributed by atoms with van der Waals surface area (Å²) in [5.41, 5.74) is 2.85. The van der Waals surface area contributed by atoms with Gasteiger partial charge in [0.15, 0.2) is 22.5 Å². The van der Waals surface area contributed by atoms with Crippen molar-refractivity contribution < 1.29 is 14.3 Å². The van der Waals surface area contributed by atoms with Crippen molar-refractivity contribution in [2.45, 2.75) is 24.3 Å². The summed E-state index contributed by atoms with van der Waals surface area (Å²) in [6, 6.07) is 13.5. The van der Waals surface area contributed by atoms with Crippen LogP contribution in [0.3, 0.4) is 0 Å². The summed E-state index contributed by atoms with van der Waals surface area (Å²) in [7, 11) is 1.90. The lowest BCUT2D eigenvalue weighted by Gasteiger charge is -2.12. The summed E-state index contributed by atoms with van der Waals surface area (Å²) < 4.78 is 12.5. The molecule has 0 spiro atoms. The lowest BCUT2D eigenvalue weighted by Crippen LogP contribution is -2.22. The zero-order chi connectivity index (χ0) is 19.7. The molecular weight excluding hydrogens is 376 g/mol. The zero-order valence-electron chi connectivity index (χ0n) is 15.8. The van der Waals surface area contributed by atoms with Gasteiger partial charge in [-0.25, -0.2) is 0 Å². The van der Waals surface area contributed by atoms with E-state index in [1.807, 2.05) is 49.7 Å². The lowest BCUT2D eigenvalue weighted by molar-refractivity contribution is -0.115. The van der Waals surface area contributed by atoms with Gasteiger partial charge in [-0.1, -0.05) is 41.6 Å². The van der Waals surface area contributed by atoms with Crippen LogP contribution in [0.2, 0.25) is 0 Å². The molecule has 1 aliphatic heterocycles. The van der Waals surface area contributed by atoms with Gasteiger partial charge in [-0.05, 0) is 26.0 Å². The highest BCUT2D eigenvalue weighted by Gasteiger charge is 2.21. The number of benzene rings is 2. The number of fused-ring (bicyclic) bond motifs is 1. The van der Waals surface area contributed by atoms with E-state index >= 15 is 0 Å². The molecule has 1 amide bonds. The first-order valence-corrected chi connectivity index (χ1v) is 9.73. The number of aryl methyl sites for hydroxylation is 1. The van der Waals surface area contributed by atoms with Crippen LogP contribution >= 0.6 is 11.8 Å². The summed E-state index contributed by atoms with van der Waals surface area (Å²) in [5.74, 6) is 1.96. The Hall–Kier alpha value is -3.00. The van der Waals surface area contributed by atoms with Gasteiger partial charge in [-0.15, -0.1) is 10.2 Å². The maximum absolute atomic E-state index is 12.6. The number of aromatic nitrogens is 3. The highest BCUT2D eigenvalue weighted by atomic mass is 32.2. The number of rotatable bonds is 5. The Kier molecular flexibility index (Phi) is 4.95. The second-order valence-electron chi connectivity index (χ2n) is 6.55. The predicted molar refractivity (Wildman–Crippen MR) is 108 cm³/mol. The van der Waals surface area contributed by atoms with Crippen LogP contribution in [0.25, 0.3) is 11.4 Å². The Labute approximate surface area is 167 Å². The Morgan fingerprint density at radius 2 is 1.89 bits per heavy atom. The van der Waals surface area contributed by atoms with Gasteiger partial charge in [0, 0.05) is 24.4 Å². The van der Waals surface area contributed by atoms with E-state index in [4.69, 9.17) is 9.47 Å². The second kappa shape index (κ2) is 7.55. The normalized spacial score (nSPS) is 13.4. The highest BCUT2D eigenvalue weighted by molar-refractivity contribution is 8.00. The number of nitrogens with zero attached hydrogens (tertiary/aromatic N) is 3. The van der Waals surface area contributed by atoms with Crippen molar-refractivity contribution >= 4 is 23.4 Å². The van der Waals surface area contributed by atoms with E-state index in [2.05, 4.69) is 15.5 Å². The summed E-state index contributed by atoms with van der Waals surface area (Å²) in [5, 5.41) is 11.8. The van der Waals surface area contributed by atoms with Crippen LogP contribution in [0.4, 0.5) is 5.69 Å². The van der Waals surface area contributed by atoms with Crippen LogP contribution < -0.4 is 14.8 Å². The molecule has 4 rings (SSSR count). The molecule has 0 saturated carbocycles. The quantitative estimate of drug-likeness (QED) is 0.664. The van der Waals surface area contributed by atoms with E-state index in [1.165, 1.54) is 17.3 Å². The third kappa shape index (κ3) is 3.68. The van der Waals surface area contributed by atoms with Crippen molar-refractivity contribution in [2.75, 3.05) is 12.1 Å². The monoisotopic (exact) mass is 396 g/mol. The van der Waals surface area contributed by atoms with Crippen LogP contribution in [0.1, 0.15) is 12.5 Å². The van der Waals surface area contributed by atoms with Crippen LogP contribution in [-0.4, -0.2) is 32.7 Å². The smallest absolute Gasteiger partial charge is 0.237 e. The van der Waals surface area contributed by atoms with Crippen molar-refractivity contribution in [3.63, 3.8) is 0 Å². The highest BCUT2D eigenvalue weighted by Crippen LogP contribution is 2.34. The molecule has 1 aliphatic rings. The number of hydrogen-bond acceptors (Lipinski definition) is 6. The van der Waals surface area contributed by atoms with Crippen molar-refractivity contribution in [1.82, 2.24) is 14.8 Å². The van der Waals surface area contributed by atoms with Crippen LogP contribution in [0, 0.1) is 6.92 Å². The molecule has 8 heteroatoms. The third-order valence-electron chi connectivity index (χ3n) is 4.44. The molecule has 1 N–H and O–H groups in total. The van der Waals surface area contributed by atoms with Crippen LogP contribution in [0.5, 0.6) is 11.5 Å². The van der Waals surface area contributed by atoms with E-state index in [1.54, 1.807) is 18.2 Å². The molecule has 1 atom stereocenters. The molecule has 144 valence electrons. The van der Waals surface area contributed by atoms with Gasteiger partial charge in [-0.3, -0.25) is 4.79 Å². The van der Waals surface area contributed by atoms with Gasteiger partial charge in [0.2, 0.25) is 12.7 Å². The van der Waals surface area contributed by atoms with Gasteiger partial charge in [0.25, 0.3) is 0 Å². The Bertz CT molecular complexity index is 1020. The average molecular weight is 396 g/mol. The molecule has 0 saturated heterocycles. The van der Waals surface area contributed by atoms with Gasteiger partial charge < -0.3 is 19.4 Å². The zero-order valence-corrected chi connectivity index (χ0v) is 16.6. The Morgan fingerprint density at radius 3 is 2.68 bits per heavy atom. The van der Waals surface area contributed by atoms with E-state index in [0.29, 0.717) is 22.3 Å². The topological polar surface area (TPSA) is 78.3 Å². The fraction of sp³-hybridized carbons (Fsp3) is 0.250. The molecule has 0 unspecified atom stereocenters. The minimum absolute atomic E-state index is 0.122. The number of carbonyl (C=O) groups excluding carboxylic acids is 1. The summed E-state index contributed by atoms with van der Waals surface area (Å²) in [4.78, 5) is 12.6. The average Bonchev–Trinajstić information content (AvgIpc) is 3.29. The number of hydrogen-bond donors (Lipinski definition) is 1. The number of nitrogens with one attached hydrogen (secondary N) is 1. The van der Waals surface area contributed by atoms with Gasteiger partial charge in [0.1, 0.15) is 0 Å². The molecule has 0 aliphatic carbocycles. The van der Waals surface area contributed by atoms with E-state index < -0.39 is 0 Å². The van der Waals surface area contributed by atoms with Gasteiger partial charge in [-0.2, -0.15) is 0 Å². The fourth-order valence-electron chi connectivity index (χ4n) is 2.80. The fourth-order valence-corrected chi connectivity index (χ4v) is 3.62. The Balaban J connectivity index is 1.44. The largest absolute Gasteiger partial charge is 0.454 e. The van der Waals surface area contributed by atoms with E-state index in [0.717, 1.165) is 11.4 Å². The van der Waals surface area contributed by atoms with Crippen molar-refractivity contribution in [3.05, 3.63) is 48.0 Å². The molecule has 0 fully saturated rings. The summed E-state index contributed by atoms with van der Waals surface area (Å²) in [6.45, 7) is 4.09. The summed E-state index contributed by atoms with van der Waals surface area (Å²) >= 11 is 1.36. The first-order chi connectivity index (χ1) is 13.5. The molecule has 2 aromatic carbocycles. The SMILES string of the molecule is Cc1ccc(-c2nnc(S[C@H](C)C(=O)Nc3ccc4c(c3)OCO4)n2C)cc1. The molecule has 3 aromatic rings. The minimum Gasteiger partial charge on any atom is -0.454 e. The second-order valence-corrected chi connectivity index (χ2v) is 7.86. The third-order valence-corrected chi connectivity index (χ3v) is 5.57. The van der Waals surface area contributed by atoms with Crippen LogP contribution in [0.15, 0.2) is 47.6 Å². The summed E-state index contributed by atoms with van der Waals surface area (Å²) in [6.07, 6.45) is 0. The predicted octanol–water partition coefficient (Wildman–Crippen LogP) is 3.64. The minimum atomic E-state index is -0.348. The first kappa shape index (κ1) is 18.4. The maximum Gasteiger partial charge on any atom is 0.237 e. The molecule has 7 nitrogen and oxygen atoms in total. The van der Waals surface area contributed by atoms with Crippen molar-refractivity contribution in [3.8, 4) is 22.9 Å². The molecule has 0 radical (unpaired) electrons. The van der Waals surface area contributed by atoms with E-state index in [-0.39, 0.29) is 18.0 Å². The molecule has 1 aromatic heterocycles. The van der Waals surface area contributed by atoms with Gasteiger partial charge in [0.05, 0.1) is 5.25 Å². The number of carbonyl (C=O) groups is 1. The number of amides is 1. The number of thioether (sulfide) groups is 1. The first-order valence-electron chi connectivity index (χ1n) is 8.85. The molecular formula is C20H20N4O3S. The molecule has 0 bridgehead atoms. The maximum atomic E-state index is 12.6. The molecule has 28 heavy (non-hydrogen) atoms. The van der Waals surface area contributed by atoms with Crippen molar-refractivity contribution in [1.29, 1.82) is 0 Å². The number of ether oxygens (including phenoxy) is 2. The molecule has 2 heterocycles. The van der Waals surface area contributed by atoms with Crippen molar-refractivity contribution in [2.24, 2.45) is 7.05 Å². The Morgan fingerprint density at radius 1 is 1.14 bits per heavy atom.